The molecule has 3 nitrogen and oxygen atoms in total. The van der Waals surface area contributed by atoms with Crippen LogP contribution in [0.25, 0.3) is 0 Å². The van der Waals surface area contributed by atoms with Gasteiger partial charge in [-0.3, -0.25) is 0 Å². The van der Waals surface area contributed by atoms with Crippen LogP contribution in [0.15, 0.2) is 48.5 Å². The van der Waals surface area contributed by atoms with Crippen molar-refractivity contribution in [2.75, 3.05) is 20.3 Å². The van der Waals surface area contributed by atoms with Crippen molar-refractivity contribution in [2.24, 2.45) is 0 Å². The SMILES string of the molecule is COc1ccccc1OCC(CO)c1ccccc1F. The molecule has 0 fully saturated rings. The van der Waals surface area contributed by atoms with Crippen LogP contribution in [0.2, 0.25) is 0 Å². The van der Waals surface area contributed by atoms with Gasteiger partial charge in [-0.25, -0.2) is 4.39 Å². The van der Waals surface area contributed by atoms with E-state index in [-0.39, 0.29) is 19.0 Å². The Hall–Kier alpha value is -2.07. The second-order valence-electron chi connectivity index (χ2n) is 4.36. The third-order valence-corrected chi connectivity index (χ3v) is 3.07. The molecule has 0 saturated heterocycles. The van der Waals surface area contributed by atoms with E-state index in [1.165, 1.54) is 6.07 Å². The molecule has 0 aromatic heterocycles. The highest BCUT2D eigenvalue weighted by Crippen LogP contribution is 2.28. The molecule has 0 heterocycles. The van der Waals surface area contributed by atoms with Gasteiger partial charge in [0.15, 0.2) is 11.5 Å². The summed E-state index contributed by atoms with van der Waals surface area (Å²) in [5.74, 6) is 0.429. The maximum atomic E-state index is 13.7. The molecule has 1 N–H and O–H groups in total. The van der Waals surface area contributed by atoms with E-state index in [9.17, 15) is 9.50 Å². The van der Waals surface area contributed by atoms with Crippen molar-refractivity contribution >= 4 is 0 Å². The number of benzene rings is 2. The van der Waals surface area contributed by atoms with Crippen LogP contribution in [0.4, 0.5) is 4.39 Å². The van der Waals surface area contributed by atoms with Gasteiger partial charge >= 0.3 is 0 Å². The van der Waals surface area contributed by atoms with Crippen molar-refractivity contribution in [1.29, 1.82) is 0 Å². The zero-order valence-electron chi connectivity index (χ0n) is 11.3. The molecule has 106 valence electrons. The van der Waals surface area contributed by atoms with Gasteiger partial charge in [-0.2, -0.15) is 0 Å². The summed E-state index contributed by atoms with van der Waals surface area (Å²) >= 11 is 0. The van der Waals surface area contributed by atoms with Crippen molar-refractivity contribution < 1.29 is 19.0 Å². The number of para-hydroxylation sites is 2. The summed E-state index contributed by atoms with van der Waals surface area (Å²) in [6.07, 6.45) is 0. The Morgan fingerprint density at radius 2 is 1.70 bits per heavy atom. The number of hydrogen-bond acceptors (Lipinski definition) is 3. The molecule has 2 aromatic rings. The van der Waals surface area contributed by atoms with Crippen LogP contribution in [-0.2, 0) is 0 Å². The lowest BCUT2D eigenvalue weighted by atomic mass is 10.0. The second kappa shape index (κ2) is 6.91. The number of hydrogen-bond donors (Lipinski definition) is 1. The van der Waals surface area contributed by atoms with Crippen molar-refractivity contribution in [3.8, 4) is 11.5 Å². The van der Waals surface area contributed by atoms with E-state index in [4.69, 9.17) is 9.47 Å². The van der Waals surface area contributed by atoms with Crippen molar-refractivity contribution in [2.45, 2.75) is 5.92 Å². The molecular weight excluding hydrogens is 259 g/mol. The molecule has 0 aliphatic carbocycles. The molecule has 1 atom stereocenters. The predicted molar refractivity (Wildman–Crippen MR) is 74.7 cm³/mol. The predicted octanol–water partition coefficient (Wildman–Crippen LogP) is 2.99. The highest BCUT2D eigenvalue weighted by Gasteiger charge is 2.16. The fourth-order valence-electron chi connectivity index (χ4n) is 1.98. The van der Waals surface area contributed by atoms with Crippen LogP contribution in [-0.4, -0.2) is 25.4 Å². The molecular formula is C16H17FO3. The zero-order chi connectivity index (χ0) is 14.4. The van der Waals surface area contributed by atoms with Crippen LogP contribution < -0.4 is 9.47 Å². The first-order valence-electron chi connectivity index (χ1n) is 6.37. The highest BCUT2D eigenvalue weighted by molar-refractivity contribution is 5.39. The first-order chi connectivity index (χ1) is 9.76. The number of ether oxygens (including phenoxy) is 2. The molecule has 0 radical (unpaired) electrons. The normalized spacial score (nSPS) is 11.9. The standard InChI is InChI=1S/C16H17FO3/c1-19-15-8-4-5-9-16(15)20-11-12(10-18)13-6-2-3-7-14(13)17/h2-9,12,18H,10-11H2,1H3. The summed E-state index contributed by atoms with van der Waals surface area (Å²) < 4.78 is 24.5. The zero-order valence-corrected chi connectivity index (χ0v) is 11.3. The summed E-state index contributed by atoms with van der Waals surface area (Å²) in [7, 11) is 1.56. The number of rotatable bonds is 6. The van der Waals surface area contributed by atoms with E-state index in [0.717, 1.165) is 0 Å². The molecule has 0 aliphatic rings. The van der Waals surface area contributed by atoms with E-state index in [0.29, 0.717) is 17.1 Å². The van der Waals surface area contributed by atoms with Gasteiger partial charge in [-0.15, -0.1) is 0 Å². The lowest BCUT2D eigenvalue weighted by Crippen LogP contribution is -2.15. The maximum absolute atomic E-state index is 13.7. The fraction of sp³-hybridized carbons (Fsp3) is 0.250. The van der Waals surface area contributed by atoms with Gasteiger partial charge in [0.2, 0.25) is 0 Å². The Morgan fingerprint density at radius 1 is 1.05 bits per heavy atom. The van der Waals surface area contributed by atoms with Crippen LogP contribution in [0, 0.1) is 5.82 Å². The molecule has 20 heavy (non-hydrogen) atoms. The highest BCUT2D eigenvalue weighted by atomic mass is 19.1. The molecule has 2 aromatic carbocycles. The Bertz CT molecular complexity index is 557. The molecule has 1 unspecified atom stereocenters. The van der Waals surface area contributed by atoms with Crippen molar-refractivity contribution in [3.05, 3.63) is 59.9 Å². The summed E-state index contributed by atoms with van der Waals surface area (Å²) in [5.41, 5.74) is 0.449. The quantitative estimate of drug-likeness (QED) is 0.881. The van der Waals surface area contributed by atoms with Gasteiger partial charge in [0.1, 0.15) is 5.82 Å². The number of aliphatic hydroxyl groups excluding tert-OH is 1. The molecule has 0 bridgehead atoms. The minimum absolute atomic E-state index is 0.178. The topological polar surface area (TPSA) is 38.7 Å². The molecule has 0 saturated carbocycles. The second-order valence-corrected chi connectivity index (χ2v) is 4.36. The molecule has 2 rings (SSSR count). The van der Waals surface area contributed by atoms with E-state index >= 15 is 0 Å². The Balaban J connectivity index is 2.10. The third-order valence-electron chi connectivity index (χ3n) is 3.07. The summed E-state index contributed by atoms with van der Waals surface area (Å²) in [5, 5.41) is 9.43. The molecule has 0 amide bonds. The van der Waals surface area contributed by atoms with Gasteiger partial charge in [-0.1, -0.05) is 30.3 Å². The van der Waals surface area contributed by atoms with Gasteiger partial charge in [0, 0.05) is 5.92 Å². The smallest absolute Gasteiger partial charge is 0.161 e. The van der Waals surface area contributed by atoms with Crippen LogP contribution in [0.3, 0.4) is 0 Å². The van der Waals surface area contributed by atoms with E-state index in [2.05, 4.69) is 0 Å². The summed E-state index contributed by atoms with van der Waals surface area (Å²) in [4.78, 5) is 0. The van der Waals surface area contributed by atoms with E-state index < -0.39 is 5.92 Å². The third kappa shape index (κ3) is 3.27. The molecule has 4 heteroatoms. The Kier molecular flexibility index (Phi) is 4.96. The Morgan fingerprint density at radius 3 is 2.35 bits per heavy atom. The average molecular weight is 276 g/mol. The van der Waals surface area contributed by atoms with Crippen LogP contribution in [0.1, 0.15) is 11.5 Å². The molecule has 0 spiro atoms. The minimum Gasteiger partial charge on any atom is -0.493 e. The number of halogens is 1. The van der Waals surface area contributed by atoms with Gasteiger partial charge < -0.3 is 14.6 Å². The fourth-order valence-corrected chi connectivity index (χ4v) is 1.98. The van der Waals surface area contributed by atoms with Crippen LogP contribution >= 0.6 is 0 Å². The van der Waals surface area contributed by atoms with Crippen LogP contribution in [0.5, 0.6) is 11.5 Å². The maximum Gasteiger partial charge on any atom is 0.161 e. The van der Waals surface area contributed by atoms with Crippen molar-refractivity contribution in [1.82, 2.24) is 0 Å². The summed E-state index contributed by atoms with van der Waals surface area (Å²) in [6, 6.07) is 13.6. The average Bonchev–Trinajstić information content (AvgIpc) is 2.50. The van der Waals surface area contributed by atoms with Gasteiger partial charge in [-0.05, 0) is 23.8 Å². The number of aliphatic hydroxyl groups is 1. The monoisotopic (exact) mass is 276 g/mol. The number of methoxy groups -OCH3 is 1. The lowest BCUT2D eigenvalue weighted by molar-refractivity contribution is 0.198. The van der Waals surface area contributed by atoms with Crippen molar-refractivity contribution in [3.63, 3.8) is 0 Å². The largest absolute Gasteiger partial charge is 0.493 e. The minimum atomic E-state index is -0.416. The van der Waals surface area contributed by atoms with E-state index in [1.54, 1.807) is 37.4 Å². The van der Waals surface area contributed by atoms with Gasteiger partial charge in [0.25, 0.3) is 0 Å². The molecule has 0 aliphatic heterocycles. The van der Waals surface area contributed by atoms with E-state index in [1.807, 2.05) is 12.1 Å². The first-order valence-corrected chi connectivity index (χ1v) is 6.37. The Labute approximate surface area is 117 Å². The first kappa shape index (κ1) is 14.3. The van der Waals surface area contributed by atoms with Gasteiger partial charge in [0.05, 0.1) is 20.3 Å². The summed E-state index contributed by atoms with van der Waals surface area (Å²) in [6.45, 7) is -0.00606. The lowest BCUT2D eigenvalue weighted by Gasteiger charge is -2.17.